The molecule has 2 aromatic heterocycles. The largest absolute Gasteiger partial charge is 0.481 e. The fourth-order valence-electron chi connectivity index (χ4n) is 4.50. The summed E-state index contributed by atoms with van der Waals surface area (Å²) in [7, 11) is 0. The molecule has 0 radical (unpaired) electrons. The van der Waals surface area contributed by atoms with Crippen molar-refractivity contribution >= 4 is 5.97 Å². The van der Waals surface area contributed by atoms with Gasteiger partial charge < -0.3 is 9.63 Å². The fraction of sp³-hybridized carbons (Fsp3) is 0.179. The lowest BCUT2D eigenvalue weighted by Gasteiger charge is -2.11. The van der Waals surface area contributed by atoms with E-state index in [4.69, 9.17) is 4.52 Å². The second-order valence-electron chi connectivity index (χ2n) is 9.13. The number of hydrogen-bond acceptors (Lipinski definition) is 6. The minimum Gasteiger partial charge on any atom is -0.481 e. The Hall–Kier alpha value is -4.59. The highest BCUT2D eigenvalue weighted by molar-refractivity contribution is 5.85. The normalized spacial score (nSPS) is 14.0. The number of rotatable bonds is 7. The number of carbonyl (C=O) groups is 1. The molecule has 0 amide bonds. The number of aromatic nitrogens is 5. The van der Waals surface area contributed by atoms with Gasteiger partial charge in [0.1, 0.15) is 0 Å². The summed E-state index contributed by atoms with van der Waals surface area (Å²) >= 11 is 0. The lowest BCUT2D eigenvalue weighted by Crippen LogP contribution is -2.19. The third-order valence-electron chi connectivity index (χ3n) is 6.85. The Morgan fingerprint density at radius 2 is 1.56 bits per heavy atom. The molecule has 1 saturated carbocycles. The van der Waals surface area contributed by atoms with Crippen molar-refractivity contribution < 1.29 is 14.4 Å². The van der Waals surface area contributed by atoms with Crippen LogP contribution in [0.25, 0.3) is 33.8 Å². The molecule has 0 spiro atoms. The van der Waals surface area contributed by atoms with Gasteiger partial charge in [0.25, 0.3) is 0 Å². The third kappa shape index (κ3) is 3.86. The maximum atomic E-state index is 11.6. The van der Waals surface area contributed by atoms with E-state index in [1.165, 1.54) is 0 Å². The van der Waals surface area contributed by atoms with Crippen LogP contribution in [0, 0.1) is 6.92 Å². The summed E-state index contributed by atoms with van der Waals surface area (Å²) < 4.78 is 5.68. The highest BCUT2D eigenvalue weighted by Crippen LogP contribution is 2.48. The van der Waals surface area contributed by atoms with Gasteiger partial charge in [-0.15, -0.1) is 10.2 Å². The molecule has 0 atom stereocenters. The van der Waals surface area contributed by atoms with Crippen LogP contribution in [0.3, 0.4) is 0 Å². The van der Waals surface area contributed by atoms with Crippen molar-refractivity contribution in [3.05, 3.63) is 95.7 Å². The average molecular weight is 478 g/mol. The first-order valence-electron chi connectivity index (χ1n) is 11.8. The van der Waals surface area contributed by atoms with Crippen LogP contribution in [-0.2, 0) is 16.8 Å². The van der Waals surface area contributed by atoms with E-state index in [0.717, 1.165) is 39.1 Å². The second kappa shape index (κ2) is 8.57. The standard InChI is InChI=1S/C28H23N5O3/c1-18-24(17-33-30-26(29-32-33)22-5-3-2-4-6-22)25(36-31-18)21-9-7-19(8-10-21)20-11-13-23(14-12-20)28(15-16-28)27(34)35/h2-14H,15-17H2,1H3,(H,34,35). The van der Waals surface area contributed by atoms with Gasteiger partial charge in [-0.3, -0.25) is 4.79 Å². The van der Waals surface area contributed by atoms with Gasteiger partial charge in [0, 0.05) is 16.7 Å². The van der Waals surface area contributed by atoms with Crippen molar-refractivity contribution in [1.29, 1.82) is 0 Å². The van der Waals surface area contributed by atoms with E-state index in [0.29, 0.717) is 31.0 Å². The van der Waals surface area contributed by atoms with Gasteiger partial charge in [0.2, 0.25) is 5.82 Å². The molecule has 0 unspecified atom stereocenters. The molecule has 8 nitrogen and oxygen atoms in total. The average Bonchev–Trinajstić information content (AvgIpc) is 3.48. The molecular formula is C28H23N5O3. The van der Waals surface area contributed by atoms with Crippen molar-refractivity contribution in [2.45, 2.75) is 31.7 Å². The molecule has 1 N–H and O–H groups in total. The summed E-state index contributed by atoms with van der Waals surface area (Å²) in [5.74, 6) is 0.498. The maximum Gasteiger partial charge on any atom is 0.314 e. The van der Waals surface area contributed by atoms with E-state index in [2.05, 4.69) is 20.6 Å². The van der Waals surface area contributed by atoms with Crippen LogP contribution in [0.15, 0.2) is 83.4 Å². The van der Waals surface area contributed by atoms with Gasteiger partial charge in [0.15, 0.2) is 5.76 Å². The number of aliphatic carboxylic acids is 1. The van der Waals surface area contributed by atoms with E-state index in [1.54, 1.807) is 4.80 Å². The Kier molecular flexibility index (Phi) is 5.21. The third-order valence-corrected chi connectivity index (χ3v) is 6.85. The lowest BCUT2D eigenvalue weighted by molar-refractivity contribution is -0.140. The summed E-state index contributed by atoms with van der Waals surface area (Å²) in [4.78, 5) is 13.1. The van der Waals surface area contributed by atoms with E-state index >= 15 is 0 Å². The monoisotopic (exact) mass is 477 g/mol. The van der Waals surface area contributed by atoms with Gasteiger partial charge in [-0.1, -0.05) is 84.0 Å². The van der Waals surface area contributed by atoms with E-state index in [-0.39, 0.29) is 0 Å². The first-order valence-corrected chi connectivity index (χ1v) is 11.8. The fourth-order valence-corrected chi connectivity index (χ4v) is 4.50. The lowest BCUT2D eigenvalue weighted by atomic mass is 9.93. The Morgan fingerprint density at radius 1 is 0.917 bits per heavy atom. The summed E-state index contributed by atoms with van der Waals surface area (Å²) in [6.07, 6.45) is 1.40. The molecule has 178 valence electrons. The number of nitrogens with zero attached hydrogens (tertiary/aromatic N) is 5. The van der Waals surface area contributed by atoms with Gasteiger partial charge >= 0.3 is 5.97 Å². The summed E-state index contributed by atoms with van der Waals surface area (Å²) in [5, 5.41) is 26.6. The molecule has 5 aromatic rings. The molecule has 8 heteroatoms. The van der Waals surface area contributed by atoms with Crippen molar-refractivity contribution in [1.82, 2.24) is 25.4 Å². The van der Waals surface area contributed by atoms with Crippen LogP contribution >= 0.6 is 0 Å². The van der Waals surface area contributed by atoms with Crippen LogP contribution in [0.4, 0.5) is 0 Å². The quantitative estimate of drug-likeness (QED) is 0.346. The van der Waals surface area contributed by atoms with E-state index in [1.807, 2.05) is 85.8 Å². The minimum atomic E-state index is -0.741. The first kappa shape index (κ1) is 21.9. The predicted octanol–water partition coefficient (Wildman–Crippen LogP) is 5.14. The Morgan fingerprint density at radius 3 is 2.19 bits per heavy atom. The zero-order valence-electron chi connectivity index (χ0n) is 19.6. The number of benzene rings is 3. The molecule has 0 bridgehead atoms. The SMILES string of the molecule is Cc1noc(-c2ccc(-c3ccc(C4(C(=O)O)CC4)cc3)cc2)c1Cn1nnc(-c2ccccc2)n1. The smallest absolute Gasteiger partial charge is 0.314 e. The first-order chi connectivity index (χ1) is 17.5. The number of hydrogen-bond donors (Lipinski definition) is 1. The zero-order chi connectivity index (χ0) is 24.7. The van der Waals surface area contributed by atoms with E-state index in [9.17, 15) is 9.90 Å². The highest BCUT2D eigenvalue weighted by Gasteiger charge is 2.51. The number of aryl methyl sites for hydroxylation is 1. The van der Waals surface area contributed by atoms with Crippen molar-refractivity contribution in [2.75, 3.05) is 0 Å². The molecular weight excluding hydrogens is 454 g/mol. The molecule has 2 heterocycles. The zero-order valence-corrected chi connectivity index (χ0v) is 19.6. The van der Waals surface area contributed by atoms with Crippen LogP contribution < -0.4 is 0 Å². The van der Waals surface area contributed by atoms with E-state index < -0.39 is 11.4 Å². The number of carboxylic acid groups (broad SMARTS) is 1. The molecule has 1 fully saturated rings. The van der Waals surface area contributed by atoms with Gasteiger partial charge in [-0.2, -0.15) is 4.80 Å². The minimum absolute atomic E-state index is 0.388. The van der Waals surface area contributed by atoms with Crippen LogP contribution in [-0.4, -0.2) is 36.4 Å². The molecule has 0 aliphatic heterocycles. The molecule has 6 rings (SSSR count). The number of tetrazole rings is 1. The molecule has 0 saturated heterocycles. The highest BCUT2D eigenvalue weighted by atomic mass is 16.5. The topological polar surface area (TPSA) is 107 Å². The van der Waals surface area contributed by atoms with Crippen molar-refractivity contribution in [3.8, 4) is 33.8 Å². The van der Waals surface area contributed by atoms with Crippen molar-refractivity contribution in [2.24, 2.45) is 0 Å². The van der Waals surface area contributed by atoms with Crippen molar-refractivity contribution in [3.63, 3.8) is 0 Å². The van der Waals surface area contributed by atoms with Gasteiger partial charge in [-0.05, 0) is 41.7 Å². The second-order valence-corrected chi connectivity index (χ2v) is 9.13. The summed E-state index contributed by atoms with van der Waals surface area (Å²) in [6, 6.07) is 25.6. The molecule has 3 aromatic carbocycles. The summed E-state index contributed by atoms with van der Waals surface area (Å²) in [6.45, 7) is 2.29. The number of carboxylic acids is 1. The van der Waals surface area contributed by atoms with Gasteiger partial charge in [-0.25, -0.2) is 0 Å². The van der Waals surface area contributed by atoms with Crippen LogP contribution in [0.1, 0.15) is 29.7 Å². The predicted molar refractivity (Wildman–Crippen MR) is 133 cm³/mol. The van der Waals surface area contributed by atoms with Crippen LogP contribution in [0.5, 0.6) is 0 Å². The Bertz CT molecular complexity index is 1530. The summed E-state index contributed by atoms with van der Waals surface area (Å²) in [5.41, 5.74) is 5.72. The molecule has 1 aliphatic rings. The Labute approximate surface area is 207 Å². The van der Waals surface area contributed by atoms with Crippen LogP contribution in [0.2, 0.25) is 0 Å². The van der Waals surface area contributed by atoms with Gasteiger partial charge in [0.05, 0.1) is 17.7 Å². The Balaban J connectivity index is 1.22. The molecule has 36 heavy (non-hydrogen) atoms. The maximum absolute atomic E-state index is 11.6. The molecule has 1 aliphatic carbocycles.